The van der Waals surface area contributed by atoms with E-state index in [2.05, 4.69) is 18.8 Å². The summed E-state index contributed by atoms with van der Waals surface area (Å²) in [7, 11) is 0. The van der Waals surface area contributed by atoms with Crippen LogP contribution < -0.4 is 5.32 Å². The summed E-state index contributed by atoms with van der Waals surface area (Å²) >= 11 is 0. The summed E-state index contributed by atoms with van der Waals surface area (Å²) in [6.45, 7) is 8.93. The van der Waals surface area contributed by atoms with E-state index in [0.29, 0.717) is 6.04 Å². The molecule has 1 aliphatic heterocycles. The standard InChI is InChI=1S/C11H21NO/c1-3-4-7-12-10(2)11-5-8-13-9-6-11/h3,10-12H,1,4-9H2,2H3. The Morgan fingerprint density at radius 1 is 1.54 bits per heavy atom. The van der Waals surface area contributed by atoms with Gasteiger partial charge in [0.15, 0.2) is 0 Å². The quantitative estimate of drug-likeness (QED) is 0.520. The van der Waals surface area contributed by atoms with E-state index < -0.39 is 0 Å². The number of nitrogens with one attached hydrogen (secondary N) is 1. The summed E-state index contributed by atoms with van der Waals surface area (Å²) in [6, 6.07) is 0.629. The van der Waals surface area contributed by atoms with Gasteiger partial charge in [-0.1, -0.05) is 6.08 Å². The number of rotatable bonds is 5. The Morgan fingerprint density at radius 2 is 2.23 bits per heavy atom. The van der Waals surface area contributed by atoms with Crippen molar-refractivity contribution in [3.05, 3.63) is 12.7 Å². The first kappa shape index (κ1) is 10.7. The molecule has 1 fully saturated rings. The monoisotopic (exact) mass is 183 g/mol. The van der Waals surface area contributed by atoms with E-state index in [1.165, 1.54) is 12.8 Å². The van der Waals surface area contributed by atoms with Gasteiger partial charge in [0.25, 0.3) is 0 Å². The van der Waals surface area contributed by atoms with Crippen molar-refractivity contribution in [1.29, 1.82) is 0 Å². The van der Waals surface area contributed by atoms with Crippen LogP contribution in [0.4, 0.5) is 0 Å². The van der Waals surface area contributed by atoms with E-state index in [1.807, 2.05) is 6.08 Å². The zero-order chi connectivity index (χ0) is 9.52. The van der Waals surface area contributed by atoms with Gasteiger partial charge < -0.3 is 10.1 Å². The fraction of sp³-hybridized carbons (Fsp3) is 0.818. The van der Waals surface area contributed by atoms with Crippen molar-refractivity contribution in [2.45, 2.75) is 32.2 Å². The molecular weight excluding hydrogens is 162 g/mol. The minimum Gasteiger partial charge on any atom is -0.381 e. The molecule has 1 N–H and O–H groups in total. The Balaban J connectivity index is 2.13. The van der Waals surface area contributed by atoms with Crippen molar-refractivity contribution in [3.8, 4) is 0 Å². The molecule has 1 saturated heterocycles. The number of ether oxygens (including phenoxy) is 1. The largest absolute Gasteiger partial charge is 0.381 e. The maximum Gasteiger partial charge on any atom is 0.0469 e. The third-order valence-electron chi connectivity index (χ3n) is 2.79. The third kappa shape index (κ3) is 3.92. The Labute approximate surface area is 81.4 Å². The highest BCUT2D eigenvalue weighted by molar-refractivity contribution is 4.76. The van der Waals surface area contributed by atoms with Crippen molar-refractivity contribution in [3.63, 3.8) is 0 Å². The predicted molar refractivity (Wildman–Crippen MR) is 55.8 cm³/mol. The van der Waals surface area contributed by atoms with Crippen LogP contribution in [0.15, 0.2) is 12.7 Å². The van der Waals surface area contributed by atoms with Gasteiger partial charge in [-0.3, -0.25) is 0 Å². The van der Waals surface area contributed by atoms with Gasteiger partial charge >= 0.3 is 0 Å². The van der Waals surface area contributed by atoms with Crippen molar-refractivity contribution in [2.75, 3.05) is 19.8 Å². The first-order valence-corrected chi connectivity index (χ1v) is 5.26. The van der Waals surface area contributed by atoms with Crippen molar-refractivity contribution < 1.29 is 4.74 Å². The van der Waals surface area contributed by atoms with Gasteiger partial charge in [-0.05, 0) is 38.6 Å². The van der Waals surface area contributed by atoms with Crippen LogP contribution in [-0.2, 0) is 4.74 Å². The fourth-order valence-electron chi connectivity index (χ4n) is 1.80. The molecule has 76 valence electrons. The predicted octanol–water partition coefficient (Wildman–Crippen LogP) is 1.97. The molecule has 1 atom stereocenters. The van der Waals surface area contributed by atoms with Crippen molar-refractivity contribution in [2.24, 2.45) is 5.92 Å². The Hall–Kier alpha value is -0.340. The van der Waals surface area contributed by atoms with Crippen LogP contribution in [0.2, 0.25) is 0 Å². The van der Waals surface area contributed by atoms with Gasteiger partial charge in [0, 0.05) is 19.3 Å². The maximum absolute atomic E-state index is 5.33. The first-order valence-electron chi connectivity index (χ1n) is 5.26. The Morgan fingerprint density at radius 3 is 2.85 bits per heavy atom. The van der Waals surface area contributed by atoms with Crippen LogP contribution in [0.1, 0.15) is 26.2 Å². The average molecular weight is 183 g/mol. The molecule has 1 rings (SSSR count). The SMILES string of the molecule is C=CCCNC(C)C1CCOCC1. The minimum absolute atomic E-state index is 0.629. The lowest BCUT2D eigenvalue weighted by atomic mass is 9.93. The van der Waals surface area contributed by atoms with Gasteiger partial charge in [-0.2, -0.15) is 0 Å². The molecule has 0 spiro atoms. The molecule has 13 heavy (non-hydrogen) atoms. The molecule has 2 heteroatoms. The number of hydrogen-bond acceptors (Lipinski definition) is 2. The maximum atomic E-state index is 5.33. The highest BCUT2D eigenvalue weighted by atomic mass is 16.5. The van der Waals surface area contributed by atoms with Gasteiger partial charge in [0.2, 0.25) is 0 Å². The van der Waals surface area contributed by atoms with Gasteiger partial charge in [-0.15, -0.1) is 6.58 Å². The lowest BCUT2D eigenvalue weighted by Gasteiger charge is -2.28. The smallest absolute Gasteiger partial charge is 0.0469 e. The second-order valence-electron chi connectivity index (χ2n) is 3.77. The van der Waals surface area contributed by atoms with Crippen LogP contribution in [0.25, 0.3) is 0 Å². The fourth-order valence-corrected chi connectivity index (χ4v) is 1.80. The van der Waals surface area contributed by atoms with Crippen LogP contribution in [0.5, 0.6) is 0 Å². The van der Waals surface area contributed by atoms with Crippen LogP contribution in [0, 0.1) is 5.92 Å². The molecular formula is C11H21NO. The molecule has 1 aliphatic rings. The summed E-state index contributed by atoms with van der Waals surface area (Å²) in [4.78, 5) is 0. The summed E-state index contributed by atoms with van der Waals surface area (Å²) in [5.41, 5.74) is 0. The molecule has 0 saturated carbocycles. The molecule has 0 aromatic carbocycles. The molecule has 1 heterocycles. The van der Waals surface area contributed by atoms with Gasteiger partial charge in [0.1, 0.15) is 0 Å². The number of hydrogen-bond donors (Lipinski definition) is 1. The van der Waals surface area contributed by atoms with Crippen LogP contribution in [-0.4, -0.2) is 25.8 Å². The normalized spacial score (nSPS) is 21.3. The highest BCUT2D eigenvalue weighted by Crippen LogP contribution is 2.18. The topological polar surface area (TPSA) is 21.3 Å². The zero-order valence-electron chi connectivity index (χ0n) is 8.59. The second kappa shape index (κ2) is 6.17. The van der Waals surface area contributed by atoms with Gasteiger partial charge in [-0.25, -0.2) is 0 Å². The van der Waals surface area contributed by atoms with E-state index in [1.54, 1.807) is 0 Å². The summed E-state index contributed by atoms with van der Waals surface area (Å²) in [5, 5.41) is 3.53. The third-order valence-corrected chi connectivity index (χ3v) is 2.79. The van der Waals surface area contributed by atoms with Crippen molar-refractivity contribution in [1.82, 2.24) is 5.32 Å². The van der Waals surface area contributed by atoms with E-state index in [-0.39, 0.29) is 0 Å². The molecule has 0 radical (unpaired) electrons. The van der Waals surface area contributed by atoms with Crippen molar-refractivity contribution >= 4 is 0 Å². The molecule has 0 aliphatic carbocycles. The van der Waals surface area contributed by atoms with Crippen LogP contribution >= 0.6 is 0 Å². The average Bonchev–Trinajstić information content (AvgIpc) is 2.19. The Bertz CT molecular complexity index is 141. The lowest BCUT2D eigenvalue weighted by Crippen LogP contribution is -2.37. The second-order valence-corrected chi connectivity index (χ2v) is 3.77. The van der Waals surface area contributed by atoms with E-state index in [9.17, 15) is 0 Å². The minimum atomic E-state index is 0.629. The van der Waals surface area contributed by atoms with E-state index >= 15 is 0 Å². The Kier molecular flexibility index (Phi) is 5.09. The molecule has 2 nitrogen and oxygen atoms in total. The lowest BCUT2D eigenvalue weighted by molar-refractivity contribution is 0.0561. The first-order chi connectivity index (χ1) is 6.34. The molecule has 0 aromatic heterocycles. The zero-order valence-corrected chi connectivity index (χ0v) is 8.59. The molecule has 0 aromatic rings. The van der Waals surface area contributed by atoms with Crippen LogP contribution in [0.3, 0.4) is 0 Å². The summed E-state index contributed by atoms with van der Waals surface area (Å²) in [6.07, 6.45) is 5.45. The molecule has 0 bridgehead atoms. The summed E-state index contributed by atoms with van der Waals surface area (Å²) in [5.74, 6) is 0.804. The van der Waals surface area contributed by atoms with E-state index in [0.717, 1.165) is 32.1 Å². The summed E-state index contributed by atoms with van der Waals surface area (Å²) < 4.78 is 5.33. The molecule has 1 unspecified atom stereocenters. The highest BCUT2D eigenvalue weighted by Gasteiger charge is 2.19. The van der Waals surface area contributed by atoms with Gasteiger partial charge in [0.05, 0.1) is 0 Å². The van der Waals surface area contributed by atoms with E-state index in [4.69, 9.17) is 4.74 Å². The molecule has 0 amide bonds.